The topological polar surface area (TPSA) is 12.0 Å². The Morgan fingerprint density at radius 2 is 2.56 bits per heavy atom. The van der Waals surface area contributed by atoms with Gasteiger partial charge in [-0.2, -0.15) is 0 Å². The van der Waals surface area contributed by atoms with E-state index in [0.717, 1.165) is 12.1 Å². The Bertz CT molecular complexity index is 149. The molecule has 0 aromatic carbocycles. The molecule has 1 N–H and O–H groups in total. The molecule has 1 aliphatic carbocycles. The first-order valence-electron chi connectivity index (χ1n) is 3.03. The minimum atomic E-state index is 0.196. The van der Waals surface area contributed by atoms with Crippen molar-refractivity contribution in [3.8, 4) is 0 Å². The van der Waals surface area contributed by atoms with Crippen molar-refractivity contribution < 1.29 is 0 Å². The van der Waals surface area contributed by atoms with E-state index in [2.05, 4.69) is 11.4 Å². The molecule has 0 amide bonds. The van der Waals surface area contributed by atoms with Crippen LogP contribution in [0.25, 0.3) is 0 Å². The number of rotatable bonds is 1. The first-order valence-corrected chi connectivity index (χ1v) is 3.47. The van der Waals surface area contributed by atoms with E-state index in [4.69, 9.17) is 11.6 Å². The van der Waals surface area contributed by atoms with Crippen molar-refractivity contribution in [2.24, 2.45) is 0 Å². The van der Waals surface area contributed by atoms with Crippen molar-refractivity contribution in [2.45, 2.75) is 11.8 Å². The van der Waals surface area contributed by atoms with Crippen molar-refractivity contribution in [2.75, 3.05) is 7.05 Å². The largest absolute Gasteiger partial charge is 0.388 e. The van der Waals surface area contributed by atoms with E-state index < -0.39 is 0 Å². The molecule has 1 aliphatic rings. The highest BCUT2D eigenvalue weighted by Crippen LogP contribution is 2.12. The van der Waals surface area contributed by atoms with Gasteiger partial charge in [-0.25, -0.2) is 0 Å². The van der Waals surface area contributed by atoms with Crippen molar-refractivity contribution in [1.29, 1.82) is 0 Å². The second kappa shape index (κ2) is 2.92. The summed E-state index contributed by atoms with van der Waals surface area (Å²) in [7, 11) is 1.91. The van der Waals surface area contributed by atoms with Gasteiger partial charge in [0.05, 0.1) is 5.38 Å². The van der Waals surface area contributed by atoms with Crippen LogP contribution in [0.2, 0.25) is 0 Å². The molecule has 1 atom stereocenters. The predicted molar refractivity (Wildman–Crippen MR) is 40.5 cm³/mol. The second-order valence-corrected chi connectivity index (χ2v) is 2.58. The number of hydrogen-bond donors (Lipinski definition) is 1. The lowest BCUT2D eigenvalue weighted by Gasteiger charge is -2.08. The first kappa shape index (κ1) is 6.69. The number of hydrogen-bond acceptors (Lipinski definition) is 1. The average molecular weight is 144 g/mol. The average Bonchev–Trinajstić information content (AvgIpc) is 1.90. The highest BCUT2D eigenvalue weighted by atomic mass is 35.5. The first-order chi connectivity index (χ1) is 4.33. The molecule has 0 fully saturated rings. The summed E-state index contributed by atoms with van der Waals surface area (Å²) in [6.07, 6.45) is 7.03. The smallest absolute Gasteiger partial charge is 0.0555 e. The number of allylic oxidation sites excluding steroid dienone is 3. The van der Waals surface area contributed by atoms with Gasteiger partial charge in [-0.1, -0.05) is 12.2 Å². The fraction of sp³-hybridized carbons (Fsp3) is 0.429. The molecule has 0 radical (unpaired) electrons. The van der Waals surface area contributed by atoms with E-state index >= 15 is 0 Å². The molecule has 0 bridgehead atoms. The van der Waals surface area contributed by atoms with E-state index in [0.29, 0.717) is 0 Å². The maximum Gasteiger partial charge on any atom is 0.0555 e. The third-order valence-corrected chi connectivity index (χ3v) is 1.66. The minimum Gasteiger partial charge on any atom is -0.388 e. The van der Waals surface area contributed by atoms with Crippen LogP contribution in [0.1, 0.15) is 6.42 Å². The molecule has 0 saturated carbocycles. The summed E-state index contributed by atoms with van der Waals surface area (Å²) in [6.45, 7) is 0. The third kappa shape index (κ3) is 1.75. The Labute approximate surface area is 60.4 Å². The van der Waals surface area contributed by atoms with Crippen molar-refractivity contribution in [3.63, 3.8) is 0 Å². The van der Waals surface area contributed by atoms with Gasteiger partial charge in [0.25, 0.3) is 0 Å². The maximum absolute atomic E-state index is 5.78. The van der Waals surface area contributed by atoms with E-state index in [1.165, 1.54) is 0 Å². The van der Waals surface area contributed by atoms with Crippen LogP contribution in [0.4, 0.5) is 0 Å². The minimum absolute atomic E-state index is 0.196. The molecule has 9 heavy (non-hydrogen) atoms. The van der Waals surface area contributed by atoms with Gasteiger partial charge in [0.2, 0.25) is 0 Å². The molecule has 1 unspecified atom stereocenters. The predicted octanol–water partition coefficient (Wildman–Crippen LogP) is 1.66. The summed E-state index contributed by atoms with van der Waals surface area (Å²) < 4.78 is 0. The standard InChI is InChI=1S/C7H10ClN/c1-9-7-4-2-6(8)3-5-7/h2,4-6,9H,3H2,1H3. The lowest BCUT2D eigenvalue weighted by molar-refractivity contribution is 0.946. The lowest BCUT2D eigenvalue weighted by Crippen LogP contribution is -2.08. The molecule has 0 aromatic heterocycles. The van der Waals surface area contributed by atoms with E-state index in [1.54, 1.807) is 0 Å². The molecule has 0 aliphatic heterocycles. The third-order valence-electron chi connectivity index (χ3n) is 1.34. The SMILES string of the molecule is CNC1=CCC(Cl)C=C1. The van der Waals surface area contributed by atoms with E-state index in [9.17, 15) is 0 Å². The van der Waals surface area contributed by atoms with Crippen LogP contribution in [0, 0.1) is 0 Å². The zero-order chi connectivity index (χ0) is 6.69. The van der Waals surface area contributed by atoms with Gasteiger partial charge >= 0.3 is 0 Å². The summed E-state index contributed by atoms with van der Waals surface area (Å²) >= 11 is 5.78. The van der Waals surface area contributed by atoms with Crippen LogP contribution in [-0.2, 0) is 0 Å². The Morgan fingerprint density at radius 1 is 1.78 bits per heavy atom. The molecule has 2 heteroatoms. The highest BCUT2D eigenvalue weighted by Gasteiger charge is 2.01. The van der Waals surface area contributed by atoms with Crippen LogP contribution >= 0.6 is 11.6 Å². The summed E-state index contributed by atoms with van der Waals surface area (Å²) in [5.74, 6) is 0. The van der Waals surface area contributed by atoms with Gasteiger partial charge in [0.15, 0.2) is 0 Å². The molecular weight excluding hydrogens is 134 g/mol. The molecule has 1 nitrogen and oxygen atoms in total. The number of halogens is 1. The second-order valence-electron chi connectivity index (χ2n) is 2.02. The van der Waals surface area contributed by atoms with Gasteiger partial charge < -0.3 is 5.32 Å². The Kier molecular flexibility index (Phi) is 2.17. The Morgan fingerprint density at radius 3 is 3.00 bits per heavy atom. The molecule has 0 aromatic rings. The van der Waals surface area contributed by atoms with Gasteiger partial charge in [-0.05, 0) is 12.5 Å². The van der Waals surface area contributed by atoms with Gasteiger partial charge in [0.1, 0.15) is 0 Å². The van der Waals surface area contributed by atoms with E-state index in [1.807, 2.05) is 19.2 Å². The van der Waals surface area contributed by atoms with Crippen molar-refractivity contribution >= 4 is 11.6 Å². The molecule has 1 rings (SSSR count). The van der Waals surface area contributed by atoms with Crippen LogP contribution in [0.3, 0.4) is 0 Å². The van der Waals surface area contributed by atoms with Gasteiger partial charge in [0, 0.05) is 12.7 Å². The molecule has 0 heterocycles. The number of likely N-dealkylation sites (N-methyl/N-ethyl adjacent to an activating group) is 1. The lowest BCUT2D eigenvalue weighted by atomic mass is 10.1. The summed E-state index contributed by atoms with van der Waals surface area (Å²) in [4.78, 5) is 0. The monoisotopic (exact) mass is 143 g/mol. The molecular formula is C7H10ClN. The number of nitrogens with one attached hydrogen (secondary N) is 1. The summed E-state index contributed by atoms with van der Waals surface area (Å²) in [5.41, 5.74) is 1.16. The molecule has 0 saturated heterocycles. The van der Waals surface area contributed by atoms with Crippen LogP contribution in [-0.4, -0.2) is 12.4 Å². The molecule has 0 spiro atoms. The normalized spacial score (nSPS) is 25.6. The van der Waals surface area contributed by atoms with Crippen molar-refractivity contribution in [1.82, 2.24) is 5.32 Å². The highest BCUT2D eigenvalue weighted by molar-refractivity contribution is 6.22. The van der Waals surface area contributed by atoms with Gasteiger partial charge in [-0.15, -0.1) is 11.6 Å². The molecule has 50 valence electrons. The van der Waals surface area contributed by atoms with Gasteiger partial charge in [-0.3, -0.25) is 0 Å². The zero-order valence-electron chi connectivity index (χ0n) is 5.39. The summed E-state index contributed by atoms with van der Waals surface area (Å²) in [6, 6.07) is 0. The van der Waals surface area contributed by atoms with E-state index in [-0.39, 0.29) is 5.38 Å². The summed E-state index contributed by atoms with van der Waals surface area (Å²) in [5, 5.41) is 3.24. The van der Waals surface area contributed by atoms with Crippen LogP contribution in [0.5, 0.6) is 0 Å². The fourth-order valence-electron chi connectivity index (χ4n) is 0.780. The van der Waals surface area contributed by atoms with Crippen LogP contribution in [0.15, 0.2) is 23.9 Å². The maximum atomic E-state index is 5.78. The quantitative estimate of drug-likeness (QED) is 0.551. The Hall–Kier alpha value is -0.430. The zero-order valence-corrected chi connectivity index (χ0v) is 6.15. The van der Waals surface area contributed by atoms with Crippen LogP contribution < -0.4 is 5.32 Å². The number of alkyl halides is 1. The Balaban J connectivity index is 2.52. The van der Waals surface area contributed by atoms with Crippen molar-refractivity contribution in [3.05, 3.63) is 23.9 Å². The fourth-order valence-corrected chi connectivity index (χ4v) is 0.941.